The molecule has 0 aromatic heterocycles. The van der Waals surface area contributed by atoms with Crippen LogP contribution in [0.5, 0.6) is 0 Å². The first-order valence-electron chi connectivity index (χ1n) is 10.2. The smallest absolute Gasteiger partial charge is 0.264 e. The van der Waals surface area contributed by atoms with Crippen molar-refractivity contribution in [3.8, 4) is 0 Å². The van der Waals surface area contributed by atoms with E-state index in [2.05, 4.69) is 5.32 Å². The van der Waals surface area contributed by atoms with Gasteiger partial charge in [0.05, 0.1) is 10.6 Å². The van der Waals surface area contributed by atoms with Gasteiger partial charge < -0.3 is 5.32 Å². The predicted molar refractivity (Wildman–Crippen MR) is 124 cm³/mol. The summed E-state index contributed by atoms with van der Waals surface area (Å²) in [5.74, 6) is -0.121. The highest BCUT2D eigenvalue weighted by atomic mass is 35.5. The number of para-hydroxylation sites is 1. The van der Waals surface area contributed by atoms with Crippen LogP contribution >= 0.6 is 11.6 Å². The van der Waals surface area contributed by atoms with Gasteiger partial charge >= 0.3 is 0 Å². The van der Waals surface area contributed by atoms with Gasteiger partial charge in [-0.05, 0) is 66.8 Å². The summed E-state index contributed by atoms with van der Waals surface area (Å²) in [4.78, 5) is 12.5. The quantitative estimate of drug-likeness (QED) is 0.566. The van der Waals surface area contributed by atoms with E-state index >= 15 is 0 Å². The summed E-state index contributed by atoms with van der Waals surface area (Å²) in [6.07, 6.45) is 2.49. The van der Waals surface area contributed by atoms with Crippen molar-refractivity contribution in [3.63, 3.8) is 0 Å². The SMILES string of the molecule is O=C(CCc1ccc(S(=O)(=O)N2CCCc3ccccc32)cc1)Nc1cccc(Cl)c1. The van der Waals surface area contributed by atoms with Gasteiger partial charge in [0.25, 0.3) is 10.0 Å². The molecule has 0 saturated carbocycles. The number of hydrogen-bond acceptors (Lipinski definition) is 3. The number of nitrogens with zero attached hydrogens (tertiary/aromatic N) is 1. The molecule has 0 radical (unpaired) electrons. The van der Waals surface area contributed by atoms with Gasteiger partial charge in [-0.3, -0.25) is 9.10 Å². The molecule has 1 heterocycles. The van der Waals surface area contributed by atoms with E-state index in [4.69, 9.17) is 11.6 Å². The van der Waals surface area contributed by atoms with Gasteiger partial charge in [-0.15, -0.1) is 0 Å². The number of sulfonamides is 1. The first-order valence-corrected chi connectivity index (χ1v) is 12.0. The summed E-state index contributed by atoms with van der Waals surface area (Å²) in [5.41, 5.74) is 3.37. The molecule has 4 rings (SSSR count). The van der Waals surface area contributed by atoms with E-state index in [0.29, 0.717) is 23.7 Å². The fourth-order valence-electron chi connectivity index (χ4n) is 3.75. The molecule has 0 spiro atoms. The highest BCUT2D eigenvalue weighted by Crippen LogP contribution is 2.31. The maximum absolute atomic E-state index is 13.2. The largest absolute Gasteiger partial charge is 0.326 e. The Morgan fingerprint density at radius 3 is 2.55 bits per heavy atom. The molecule has 3 aromatic carbocycles. The summed E-state index contributed by atoms with van der Waals surface area (Å²) < 4.78 is 27.9. The third-order valence-electron chi connectivity index (χ3n) is 5.33. The Morgan fingerprint density at radius 1 is 1.00 bits per heavy atom. The molecule has 0 saturated heterocycles. The van der Waals surface area contributed by atoms with Crippen LogP contribution < -0.4 is 9.62 Å². The molecular weight excluding hydrogens is 432 g/mol. The van der Waals surface area contributed by atoms with Crippen molar-refractivity contribution in [3.05, 3.63) is 88.9 Å². The molecule has 0 bridgehead atoms. The van der Waals surface area contributed by atoms with Crippen molar-refractivity contribution in [1.29, 1.82) is 0 Å². The van der Waals surface area contributed by atoms with Crippen LogP contribution in [0.25, 0.3) is 0 Å². The fourth-order valence-corrected chi connectivity index (χ4v) is 5.48. The van der Waals surface area contributed by atoms with Crippen LogP contribution in [0.4, 0.5) is 11.4 Å². The van der Waals surface area contributed by atoms with Crippen LogP contribution in [0.2, 0.25) is 5.02 Å². The van der Waals surface area contributed by atoms with Gasteiger partial charge in [-0.2, -0.15) is 0 Å². The molecule has 0 unspecified atom stereocenters. The van der Waals surface area contributed by atoms with Crippen LogP contribution in [-0.4, -0.2) is 20.9 Å². The number of amides is 1. The molecule has 1 amide bonds. The van der Waals surface area contributed by atoms with Crippen LogP contribution in [0.15, 0.2) is 77.7 Å². The summed E-state index contributed by atoms with van der Waals surface area (Å²) in [5, 5.41) is 3.38. The highest BCUT2D eigenvalue weighted by Gasteiger charge is 2.28. The average Bonchev–Trinajstić information content (AvgIpc) is 2.77. The van der Waals surface area contributed by atoms with E-state index in [1.807, 2.05) is 24.3 Å². The van der Waals surface area contributed by atoms with Crippen LogP contribution in [0.3, 0.4) is 0 Å². The second-order valence-corrected chi connectivity index (χ2v) is 9.81. The van der Waals surface area contributed by atoms with Crippen LogP contribution in [-0.2, 0) is 27.7 Å². The number of fused-ring (bicyclic) bond motifs is 1. The maximum Gasteiger partial charge on any atom is 0.264 e. The molecule has 31 heavy (non-hydrogen) atoms. The van der Waals surface area contributed by atoms with Gasteiger partial charge in [-0.25, -0.2) is 8.42 Å². The zero-order valence-corrected chi connectivity index (χ0v) is 18.5. The lowest BCUT2D eigenvalue weighted by Gasteiger charge is -2.30. The number of aryl methyl sites for hydroxylation is 2. The summed E-state index contributed by atoms with van der Waals surface area (Å²) in [7, 11) is -3.63. The van der Waals surface area contributed by atoms with Crippen molar-refractivity contribution in [2.45, 2.75) is 30.6 Å². The molecular formula is C24H23ClN2O3S. The fraction of sp³-hybridized carbons (Fsp3) is 0.208. The first-order chi connectivity index (χ1) is 14.9. The van der Waals surface area contributed by atoms with E-state index in [1.54, 1.807) is 48.5 Å². The van der Waals surface area contributed by atoms with Crippen molar-refractivity contribution in [1.82, 2.24) is 0 Å². The Hall–Kier alpha value is -2.83. The van der Waals surface area contributed by atoms with Crippen molar-refractivity contribution in [2.75, 3.05) is 16.2 Å². The molecule has 1 aliphatic rings. The van der Waals surface area contributed by atoms with Gasteiger partial charge in [0, 0.05) is 23.7 Å². The maximum atomic E-state index is 13.2. The van der Waals surface area contributed by atoms with Gasteiger partial charge in [0.15, 0.2) is 0 Å². The van der Waals surface area contributed by atoms with Crippen molar-refractivity contribution >= 4 is 38.9 Å². The lowest BCUT2D eigenvalue weighted by Crippen LogP contribution is -2.35. The molecule has 7 heteroatoms. The minimum absolute atomic E-state index is 0.121. The third kappa shape index (κ3) is 4.92. The standard InChI is InChI=1S/C24H23ClN2O3S/c25-20-7-3-8-21(17-20)26-24(28)15-12-18-10-13-22(14-11-18)31(29,30)27-16-4-6-19-5-1-2-9-23(19)27/h1-3,5,7-11,13-14,17H,4,6,12,15-16H2,(H,26,28). The second kappa shape index (κ2) is 9.12. The number of halogens is 1. The van der Waals surface area contributed by atoms with Gasteiger partial charge in [-0.1, -0.05) is 48.0 Å². The van der Waals surface area contributed by atoms with Gasteiger partial charge in [0.2, 0.25) is 5.91 Å². The molecule has 160 valence electrons. The minimum atomic E-state index is -3.63. The van der Waals surface area contributed by atoms with Crippen LogP contribution in [0.1, 0.15) is 24.0 Å². The Morgan fingerprint density at radius 2 is 1.77 bits per heavy atom. The monoisotopic (exact) mass is 454 g/mol. The number of nitrogens with one attached hydrogen (secondary N) is 1. The third-order valence-corrected chi connectivity index (χ3v) is 7.39. The summed E-state index contributed by atoms with van der Waals surface area (Å²) >= 11 is 5.93. The molecule has 5 nitrogen and oxygen atoms in total. The Bertz CT molecular complexity index is 1190. The molecule has 1 aliphatic heterocycles. The summed E-state index contributed by atoms with van der Waals surface area (Å²) in [6.45, 7) is 0.477. The zero-order valence-electron chi connectivity index (χ0n) is 16.9. The summed E-state index contributed by atoms with van der Waals surface area (Å²) in [6, 6.07) is 21.4. The van der Waals surface area contributed by atoms with Crippen LogP contribution in [0, 0.1) is 0 Å². The average molecular weight is 455 g/mol. The minimum Gasteiger partial charge on any atom is -0.326 e. The molecule has 0 fully saturated rings. The highest BCUT2D eigenvalue weighted by molar-refractivity contribution is 7.92. The Kier molecular flexibility index (Phi) is 6.30. The number of rotatable bonds is 6. The van der Waals surface area contributed by atoms with E-state index in [9.17, 15) is 13.2 Å². The molecule has 0 atom stereocenters. The predicted octanol–water partition coefficient (Wildman–Crippen LogP) is 5.05. The number of hydrogen-bond donors (Lipinski definition) is 1. The Labute approximate surface area is 187 Å². The normalized spacial score (nSPS) is 13.5. The molecule has 1 N–H and O–H groups in total. The van der Waals surface area contributed by atoms with E-state index < -0.39 is 10.0 Å². The number of carbonyl (C=O) groups excluding carboxylic acids is 1. The number of anilines is 2. The second-order valence-electron chi connectivity index (χ2n) is 7.51. The van der Waals surface area contributed by atoms with E-state index in [0.717, 1.165) is 29.7 Å². The van der Waals surface area contributed by atoms with E-state index in [-0.39, 0.29) is 17.2 Å². The molecule has 0 aliphatic carbocycles. The number of carbonyl (C=O) groups is 1. The number of benzene rings is 3. The molecule has 3 aromatic rings. The Balaban J connectivity index is 1.42. The first kappa shape index (κ1) is 21.4. The van der Waals surface area contributed by atoms with Crippen molar-refractivity contribution in [2.24, 2.45) is 0 Å². The lowest BCUT2D eigenvalue weighted by molar-refractivity contribution is -0.116. The topological polar surface area (TPSA) is 66.5 Å². The van der Waals surface area contributed by atoms with Gasteiger partial charge in [0.1, 0.15) is 0 Å². The zero-order chi connectivity index (χ0) is 21.8. The van der Waals surface area contributed by atoms with E-state index in [1.165, 1.54) is 4.31 Å². The lowest BCUT2D eigenvalue weighted by atomic mass is 10.0. The van der Waals surface area contributed by atoms with Crippen molar-refractivity contribution < 1.29 is 13.2 Å².